The topological polar surface area (TPSA) is 84.2 Å². The Balaban J connectivity index is 2.55. The first kappa shape index (κ1) is 15.2. The van der Waals surface area contributed by atoms with E-state index in [9.17, 15) is 9.59 Å². The molecule has 4 N–H and O–H groups in total. The maximum atomic E-state index is 12.0. The SMILES string of the molecule is CCCNC(=O)CNC(=O)C(C)(N)c1ccccc1. The van der Waals surface area contributed by atoms with E-state index < -0.39 is 5.54 Å². The third kappa shape index (κ3) is 4.37. The van der Waals surface area contributed by atoms with Gasteiger partial charge < -0.3 is 16.4 Å². The van der Waals surface area contributed by atoms with Gasteiger partial charge in [0.15, 0.2) is 0 Å². The lowest BCUT2D eigenvalue weighted by molar-refractivity contribution is -0.129. The molecule has 0 aliphatic heterocycles. The molecule has 1 unspecified atom stereocenters. The zero-order valence-electron chi connectivity index (χ0n) is 11.4. The van der Waals surface area contributed by atoms with Crippen LogP contribution >= 0.6 is 0 Å². The van der Waals surface area contributed by atoms with Gasteiger partial charge in [-0.25, -0.2) is 0 Å². The molecule has 0 heterocycles. The zero-order valence-corrected chi connectivity index (χ0v) is 11.4. The molecule has 0 saturated heterocycles. The lowest BCUT2D eigenvalue weighted by Crippen LogP contribution is -2.51. The summed E-state index contributed by atoms with van der Waals surface area (Å²) in [5, 5.41) is 5.24. The number of nitrogens with two attached hydrogens (primary N) is 1. The molecule has 0 aromatic heterocycles. The van der Waals surface area contributed by atoms with Crippen LogP contribution in [-0.4, -0.2) is 24.9 Å². The van der Waals surface area contributed by atoms with Gasteiger partial charge in [-0.3, -0.25) is 9.59 Å². The van der Waals surface area contributed by atoms with Crippen LogP contribution in [0.2, 0.25) is 0 Å². The van der Waals surface area contributed by atoms with Crippen LogP contribution in [0.5, 0.6) is 0 Å². The Morgan fingerprint density at radius 2 is 1.84 bits per heavy atom. The molecule has 104 valence electrons. The fraction of sp³-hybridized carbons (Fsp3) is 0.429. The Hall–Kier alpha value is -1.88. The Bertz CT molecular complexity index is 430. The first-order valence-electron chi connectivity index (χ1n) is 6.38. The van der Waals surface area contributed by atoms with Crippen LogP contribution in [-0.2, 0) is 15.1 Å². The van der Waals surface area contributed by atoms with Crippen molar-refractivity contribution in [1.82, 2.24) is 10.6 Å². The predicted octanol–water partition coefficient (Wildman–Crippen LogP) is 0.503. The Kier molecular flexibility index (Phi) is 5.51. The summed E-state index contributed by atoms with van der Waals surface area (Å²) in [7, 11) is 0. The minimum atomic E-state index is -1.15. The molecule has 0 aliphatic carbocycles. The van der Waals surface area contributed by atoms with Crippen molar-refractivity contribution < 1.29 is 9.59 Å². The summed E-state index contributed by atoms with van der Waals surface area (Å²) in [6.07, 6.45) is 0.859. The van der Waals surface area contributed by atoms with Gasteiger partial charge in [-0.1, -0.05) is 37.3 Å². The van der Waals surface area contributed by atoms with Gasteiger partial charge in [-0.2, -0.15) is 0 Å². The van der Waals surface area contributed by atoms with Crippen molar-refractivity contribution in [3.8, 4) is 0 Å². The molecule has 19 heavy (non-hydrogen) atoms. The fourth-order valence-corrected chi connectivity index (χ4v) is 1.59. The van der Waals surface area contributed by atoms with Crippen LogP contribution in [0.1, 0.15) is 25.8 Å². The summed E-state index contributed by atoms with van der Waals surface area (Å²) in [5.41, 5.74) is 5.59. The van der Waals surface area contributed by atoms with Gasteiger partial charge in [-0.05, 0) is 18.9 Å². The Morgan fingerprint density at radius 3 is 2.42 bits per heavy atom. The summed E-state index contributed by atoms with van der Waals surface area (Å²) in [4.78, 5) is 23.4. The van der Waals surface area contributed by atoms with Crippen molar-refractivity contribution in [2.75, 3.05) is 13.1 Å². The molecule has 1 aromatic rings. The number of hydrogen-bond acceptors (Lipinski definition) is 3. The normalized spacial score (nSPS) is 13.4. The first-order chi connectivity index (χ1) is 8.98. The molecule has 5 heteroatoms. The minimum Gasteiger partial charge on any atom is -0.355 e. The van der Waals surface area contributed by atoms with Crippen molar-refractivity contribution in [3.05, 3.63) is 35.9 Å². The third-order valence-electron chi connectivity index (χ3n) is 2.83. The van der Waals surface area contributed by atoms with Gasteiger partial charge in [0.05, 0.1) is 6.54 Å². The maximum Gasteiger partial charge on any atom is 0.244 e. The standard InChI is InChI=1S/C14H21N3O2/c1-3-9-16-12(18)10-17-13(19)14(2,15)11-7-5-4-6-8-11/h4-8H,3,9-10,15H2,1-2H3,(H,16,18)(H,17,19). The number of carbonyl (C=O) groups is 2. The van der Waals surface area contributed by atoms with E-state index in [0.717, 1.165) is 6.42 Å². The van der Waals surface area contributed by atoms with Gasteiger partial charge in [0.1, 0.15) is 5.54 Å². The average molecular weight is 263 g/mol. The largest absolute Gasteiger partial charge is 0.355 e. The Labute approximate surface area is 113 Å². The van der Waals surface area contributed by atoms with Crippen LogP contribution in [0, 0.1) is 0 Å². The molecular weight excluding hydrogens is 242 g/mol. The second-order valence-electron chi connectivity index (χ2n) is 4.60. The van der Waals surface area contributed by atoms with Gasteiger partial charge in [0, 0.05) is 6.54 Å². The van der Waals surface area contributed by atoms with Crippen molar-refractivity contribution in [2.45, 2.75) is 25.8 Å². The predicted molar refractivity (Wildman–Crippen MR) is 74.3 cm³/mol. The number of rotatable bonds is 6. The van der Waals surface area contributed by atoms with Gasteiger partial charge in [0.25, 0.3) is 0 Å². The number of carbonyl (C=O) groups excluding carboxylic acids is 2. The number of amides is 2. The van der Waals surface area contributed by atoms with Gasteiger partial charge >= 0.3 is 0 Å². The van der Waals surface area contributed by atoms with Crippen molar-refractivity contribution >= 4 is 11.8 Å². The maximum absolute atomic E-state index is 12.0. The molecule has 0 aliphatic rings. The summed E-state index contributed by atoms with van der Waals surface area (Å²) >= 11 is 0. The summed E-state index contributed by atoms with van der Waals surface area (Å²) < 4.78 is 0. The first-order valence-corrected chi connectivity index (χ1v) is 6.38. The molecule has 0 radical (unpaired) electrons. The van der Waals surface area contributed by atoms with E-state index in [0.29, 0.717) is 12.1 Å². The van der Waals surface area contributed by atoms with Gasteiger partial charge in [-0.15, -0.1) is 0 Å². The van der Waals surface area contributed by atoms with E-state index in [4.69, 9.17) is 5.73 Å². The highest BCUT2D eigenvalue weighted by molar-refractivity contribution is 5.90. The van der Waals surface area contributed by atoms with Gasteiger partial charge in [0.2, 0.25) is 11.8 Å². The highest BCUT2D eigenvalue weighted by atomic mass is 16.2. The highest BCUT2D eigenvalue weighted by Crippen LogP contribution is 2.16. The quantitative estimate of drug-likeness (QED) is 0.699. The van der Waals surface area contributed by atoms with E-state index in [2.05, 4.69) is 10.6 Å². The summed E-state index contributed by atoms with van der Waals surface area (Å²) in [6.45, 7) is 4.14. The molecule has 1 atom stereocenters. The molecule has 0 saturated carbocycles. The molecule has 0 fully saturated rings. The van der Waals surface area contributed by atoms with E-state index in [1.165, 1.54) is 0 Å². The lowest BCUT2D eigenvalue weighted by Gasteiger charge is -2.23. The molecular formula is C14H21N3O2. The number of benzene rings is 1. The van der Waals surface area contributed by atoms with E-state index >= 15 is 0 Å². The van der Waals surface area contributed by atoms with Crippen molar-refractivity contribution in [2.24, 2.45) is 5.73 Å². The third-order valence-corrected chi connectivity index (χ3v) is 2.83. The molecule has 1 rings (SSSR count). The average Bonchev–Trinajstić information content (AvgIpc) is 2.43. The number of nitrogens with one attached hydrogen (secondary N) is 2. The van der Waals surface area contributed by atoms with E-state index in [-0.39, 0.29) is 18.4 Å². The molecule has 1 aromatic carbocycles. The zero-order chi connectivity index (χ0) is 14.3. The minimum absolute atomic E-state index is 0.0571. The fourth-order valence-electron chi connectivity index (χ4n) is 1.59. The van der Waals surface area contributed by atoms with E-state index in [1.54, 1.807) is 19.1 Å². The van der Waals surface area contributed by atoms with Crippen LogP contribution in [0.3, 0.4) is 0 Å². The second-order valence-corrected chi connectivity index (χ2v) is 4.60. The van der Waals surface area contributed by atoms with E-state index in [1.807, 2.05) is 25.1 Å². The smallest absolute Gasteiger partial charge is 0.244 e. The molecule has 0 spiro atoms. The molecule has 2 amide bonds. The van der Waals surface area contributed by atoms with Crippen LogP contribution in [0.25, 0.3) is 0 Å². The van der Waals surface area contributed by atoms with Crippen LogP contribution in [0.4, 0.5) is 0 Å². The van der Waals surface area contributed by atoms with Crippen molar-refractivity contribution in [3.63, 3.8) is 0 Å². The van der Waals surface area contributed by atoms with Crippen LogP contribution < -0.4 is 16.4 Å². The number of hydrogen-bond donors (Lipinski definition) is 3. The monoisotopic (exact) mass is 263 g/mol. The van der Waals surface area contributed by atoms with Crippen molar-refractivity contribution in [1.29, 1.82) is 0 Å². The summed E-state index contributed by atoms with van der Waals surface area (Å²) in [5.74, 6) is -0.579. The molecule has 5 nitrogen and oxygen atoms in total. The Morgan fingerprint density at radius 1 is 1.21 bits per heavy atom. The van der Waals surface area contributed by atoms with Crippen LogP contribution in [0.15, 0.2) is 30.3 Å². The summed E-state index contributed by atoms with van der Waals surface area (Å²) in [6, 6.07) is 9.08. The second kappa shape index (κ2) is 6.89. The lowest BCUT2D eigenvalue weighted by atomic mass is 9.92. The highest BCUT2D eigenvalue weighted by Gasteiger charge is 2.30. The molecule has 0 bridgehead atoms.